The Morgan fingerprint density at radius 2 is 1.09 bits per heavy atom. The molecule has 0 unspecified atom stereocenters. The molecule has 11 heavy (non-hydrogen) atoms. The van der Waals surface area contributed by atoms with Crippen LogP contribution in [-0.4, -0.2) is 26.5 Å². The summed E-state index contributed by atoms with van der Waals surface area (Å²) in [6, 6.07) is 0. The van der Waals surface area contributed by atoms with Crippen LogP contribution < -0.4 is 10.2 Å². The number of ether oxygens (including phenoxy) is 2. The molecule has 0 N–H and O–H groups in total. The molecule has 0 aliphatic rings. The maximum Gasteiger partial charge on any atom is 2.00 e. The van der Waals surface area contributed by atoms with E-state index in [9.17, 15) is 0 Å². The molecule has 0 saturated heterocycles. The van der Waals surface area contributed by atoms with Gasteiger partial charge in [-0.05, 0) is 0 Å². The largest absolute Gasteiger partial charge is 2.00 e. The van der Waals surface area contributed by atoms with Crippen LogP contribution in [0.25, 0.3) is 0 Å². The number of methoxy groups -OCH3 is 2. The van der Waals surface area contributed by atoms with Gasteiger partial charge in [0.05, 0.1) is 0 Å². The van der Waals surface area contributed by atoms with Crippen LogP contribution in [0.2, 0.25) is 0 Å². The predicted octanol–water partition coefficient (Wildman–Crippen LogP) is -2.05. The number of rotatable bonds is 0. The molecule has 68 valence electrons. The molecule has 0 fully saturated rings. The smallest absolute Gasteiger partial charge is 0.553 e. The van der Waals surface area contributed by atoms with Crippen molar-refractivity contribution in [2.75, 3.05) is 14.2 Å². The summed E-state index contributed by atoms with van der Waals surface area (Å²) < 4.78 is 7.11. The molecule has 0 radical (unpaired) electrons. The Balaban J connectivity index is -0.000000107. The molecule has 0 atom stereocenters. The monoisotopic (exact) mass is 208 g/mol. The minimum absolute atomic E-state index is 0. The molecule has 0 aromatic rings. The van der Waals surface area contributed by atoms with Gasteiger partial charge in [0.2, 0.25) is 0 Å². The Morgan fingerprint density at radius 3 is 1.09 bits per heavy atom. The summed E-state index contributed by atoms with van der Waals surface area (Å²) in [5, 5.41) is 18.1. The van der Waals surface area contributed by atoms with Gasteiger partial charge in [-0.1, -0.05) is 0 Å². The van der Waals surface area contributed by atoms with Crippen molar-refractivity contribution in [1.82, 2.24) is 0 Å². The summed E-state index contributed by atoms with van der Waals surface area (Å²) >= 11 is 0. The average Bonchev–Trinajstić information content (AvgIpc) is 1.89. The Labute approximate surface area is 73.0 Å². The van der Waals surface area contributed by atoms with Crippen molar-refractivity contribution in [1.29, 1.82) is 0 Å². The van der Waals surface area contributed by atoms with E-state index in [0.717, 1.165) is 14.2 Å². The normalized spacial score (nSPS) is 6.00. The van der Waals surface area contributed by atoms with Gasteiger partial charge in [0.1, 0.15) is 0 Å². The molecule has 0 aromatic carbocycles. The first-order valence-electron chi connectivity index (χ1n) is 2.04. The first-order chi connectivity index (χ1) is 4.54. The fourth-order valence-electron chi connectivity index (χ4n) is 0. The standard InChI is InChI=1S/2C2H4O3.Ni/c2*1-5-2(3)4;/h2*1H3,(H,3,4);/q;;+2/p-2. The van der Waals surface area contributed by atoms with E-state index in [4.69, 9.17) is 19.8 Å². The van der Waals surface area contributed by atoms with Crippen molar-refractivity contribution in [3.8, 4) is 0 Å². The van der Waals surface area contributed by atoms with E-state index in [0.29, 0.717) is 0 Å². The molecule has 0 rings (SSSR count). The molecular formula is C4H6NiO6. The second kappa shape index (κ2) is 11.8. The molecule has 0 saturated carbocycles. The zero-order chi connectivity index (χ0) is 8.57. The zero-order valence-electron chi connectivity index (χ0n) is 5.77. The minimum atomic E-state index is -1.50. The zero-order valence-corrected chi connectivity index (χ0v) is 6.75. The second-order valence-corrected chi connectivity index (χ2v) is 0.908. The molecular weight excluding hydrogens is 203 g/mol. The van der Waals surface area contributed by atoms with Crippen LogP contribution in [0.1, 0.15) is 0 Å². The van der Waals surface area contributed by atoms with Crippen LogP contribution >= 0.6 is 0 Å². The van der Waals surface area contributed by atoms with Gasteiger partial charge in [0.25, 0.3) is 12.3 Å². The van der Waals surface area contributed by atoms with E-state index in [1.807, 2.05) is 0 Å². The van der Waals surface area contributed by atoms with E-state index in [2.05, 4.69) is 9.47 Å². The Kier molecular flexibility index (Phi) is 17.7. The van der Waals surface area contributed by atoms with E-state index < -0.39 is 12.3 Å². The molecule has 0 aliphatic heterocycles. The Morgan fingerprint density at radius 1 is 1.00 bits per heavy atom. The summed E-state index contributed by atoms with van der Waals surface area (Å²) in [5.41, 5.74) is 0. The van der Waals surface area contributed by atoms with Crippen LogP contribution in [0, 0.1) is 0 Å². The van der Waals surface area contributed by atoms with Gasteiger partial charge in [-0.15, -0.1) is 0 Å². The fraction of sp³-hybridized carbons (Fsp3) is 0.500. The van der Waals surface area contributed by atoms with Crippen molar-refractivity contribution in [3.63, 3.8) is 0 Å². The van der Waals surface area contributed by atoms with Crippen molar-refractivity contribution >= 4 is 12.3 Å². The summed E-state index contributed by atoms with van der Waals surface area (Å²) in [6.45, 7) is 0. The summed E-state index contributed by atoms with van der Waals surface area (Å²) in [4.78, 5) is 18.1. The number of hydrogen-bond acceptors (Lipinski definition) is 6. The van der Waals surface area contributed by atoms with Crippen molar-refractivity contribution < 1.29 is 45.8 Å². The number of carbonyl (C=O) groups is 2. The second-order valence-electron chi connectivity index (χ2n) is 0.908. The van der Waals surface area contributed by atoms with Crippen LogP contribution in [0.4, 0.5) is 9.59 Å². The number of carbonyl (C=O) groups excluding carboxylic acids is 2. The molecule has 6 nitrogen and oxygen atoms in total. The maximum absolute atomic E-state index is 9.03. The summed E-state index contributed by atoms with van der Waals surface area (Å²) in [5.74, 6) is 0. The number of carboxylic acid groups (broad SMARTS) is 2. The fourth-order valence-corrected chi connectivity index (χ4v) is 0. The molecule has 7 heteroatoms. The first-order valence-corrected chi connectivity index (χ1v) is 2.04. The van der Waals surface area contributed by atoms with E-state index in [1.54, 1.807) is 0 Å². The summed E-state index contributed by atoms with van der Waals surface area (Å²) in [6.07, 6.45) is -2.99. The predicted molar refractivity (Wildman–Crippen MR) is 24.8 cm³/mol. The first kappa shape index (κ1) is 16.6. The third-order valence-corrected chi connectivity index (χ3v) is 0.333. The van der Waals surface area contributed by atoms with Crippen LogP contribution in [0.5, 0.6) is 0 Å². The van der Waals surface area contributed by atoms with Gasteiger partial charge in [-0.3, -0.25) is 0 Å². The Bertz CT molecular complexity index is 99.1. The quantitative estimate of drug-likeness (QED) is 0.336. The van der Waals surface area contributed by atoms with Crippen molar-refractivity contribution in [2.45, 2.75) is 0 Å². The molecule has 0 bridgehead atoms. The molecule has 0 aliphatic carbocycles. The van der Waals surface area contributed by atoms with Crippen molar-refractivity contribution in [3.05, 3.63) is 0 Å². The topological polar surface area (TPSA) is 98.7 Å². The van der Waals surface area contributed by atoms with Crippen molar-refractivity contribution in [2.24, 2.45) is 0 Å². The van der Waals surface area contributed by atoms with Gasteiger partial charge in [0.15, 0.2) is 0 Å². The SMILES string of the molecule is COC(=O)[O-].COC(=O)[O-].[Ni+2]. The minimum Gasteiger partial charge on any atom is -0.553 e. The Hall–Kier alpha value is -0.966. The van der Waals surface area contributed by atoms with Gasteiger partial charge in [-0.25, -0.2) is 0 Å². The molecule has 0 amide bonds. The van der Waals surface area contributed by atoms with E-state index >= 15 is 0 Å². The van der Waals surface area contributed by atoms with Gasteiger partial charge in [0, 0.05) is 14.2 Å². The third kappa shape index (κ3) is 48.6. The van der Waals surface area contributed by atoms with Gasteiger partial charge >= 0.3 is 16.5 Å². The summed E-state index contributed by atoms with van der Waals surface area (Å²) in [7, 11) is 2.07. The third-order valence-electron chi connectivity index (χ3n) is 0.333. The number of hydrogen-bond donors (Lipinski definition) is 0. The maximum atomic E-state index is 9.03. The van der Waals surface area contributed by atoms with E-state index in [-0.39, 0.29) is 16.5 Å². The van der Waals surface area contributed by atoms with Crippen LogP contribution in [-0.2, 0) is 26.0 Å². The molecule has 0 heterocycles. The van der Waals surface area contributed by atoms with Crippen LogP contribution in [0.3, 0.4) is 0 Å². The van der Waals surface area contributed by atoms with Gasteiger partial charge in [-0.2, -0.15) is 0 Å². The average molecular weight is 209 g/mol. The molecule has 0 aromatic heterocycles. The van der Waals surface area contributed by atoms with Gasteiger partial charge < -0.3 is 29.3 Å². The van der Waals surface area contributed by atoms with E-state index in [1.165, 1.54) is 0 Å². The van der Waals surface area contributed by atoms with Crippen LogP contribution in [0.15, 0.2) is 0 Å². The molecule has 0 spiro atoms.